The summed E-state index contributed by atoms with van der Waals surface area (Å²) in [5.74, 6) is 0.0406. The van der Waals surface area contributed by atoms with Gasteiger partial charge >= 0.3 is 0 Å². The SMILES string of the molecule is O=C(CN1CCN(CC(=O)N2c3ccccc3NC(=O)C23CCCC3)CC1)NC1CC1. The molecule has 1 spiro atoms. The molecule has 3 amide bonds. The molecule has 5 rings (SSSR count). The third-order valence-electron chi connectivity index (χ3n) is 7.06. The molecule has 1 aromatic carbocycles. The highest BCUT2D eigenvalue weighted by molar-refractivity contribution is 6.15. The van der Waals surface area contributed by atoms with Crippen LogP contribution in [0.3, 0.4) is 0 Å². The van der Waals surface area contributed by atoms with Crippen molar-refractivity contribution in [2.45, 2.75) is 50.1 Å². The molecule has 1 saturated heterocycles. The number of benzene rings is 1. The van der Waals surface area contributed by atoms with Gasteiger partial charge < -0.3 is 10.6 Å². The van der Waals surface area contributed by atoms with E-state index in [0.29, 0.717) is 37.7 Å². The van der Waals surface area contributed by atoms with Crippen LogP contribution in [0.25, 0.3) is 0 Å². The maximum Gasteiger partial charge on any atom is 0.250 e. The van der Waals surface area contributed by atoms with Gasteiger partial charge in [0, 0.05) is 32.2 Å². The molecule has 31 heavy (non-hydrogen) atoms. The van der Waals surface area contributed by atoms with Crippen LogP contribution in [0.5, 0.6) is 0 Å². The molecule has 1 aromatic rings. The Balaban J connectivity index is 1.24. The first-order valence-electron chi connectivity index (χ1n) is 11.5. The monoisotopic (exact) mass is 425 g/mol. The topological polar surface area (TPSA) is 85.0 Å². The number of hydrogen-bond acceptors (Lipinski definition) is 5. The van der Waals surface area contributed by atoms with E-state index in [9.17, 15) is 14.4 Å². The largest absolute Gasteiger partial charge is 0.352 e. The predicted molar refractivity (Wildman–Crippen MR) is 118 cm³/mol. The maximum absolute atomic E-state index is 13.5. The first-order chi connectivity index (χ1) is 15.0. The molecule has 8 heteroatoms. The van der Waals surface area contributed by atoms with Crippen LogP contribution >= 0.6 is 0 Å². The Labute approximate surface area is 182 Å². The van der Waals surface area contributed by atoms with E-state index in [-0.39, 0.29) is 17.7 Å². The molecule has 0 radical (unpaired) electrons. The molecule has 4 aliphatic rings. The van der Waals surface area contributed by atoms with E-state index < -0.39 is 5.54 Å². The zero-order chi connectivity index (χ0) is 21.4. The quantitative estimate of drug-likeness (QED) is 0.740. The lowest BCUT2D eigenvalue weighted by Gasteiger charge is -2.45. The Morgan fingerprint density at radius 1 is 1.00 bits per heavy atom. The van der Waals surface area contributed by atoms with Crippen molar-refractivity contribution in [3.05, 3.63) is 24.3 Å². The lowest BCUT2D eigenvalue weighted by Crippen LogP contribution is -2.62. The molecule has 0 unspecified atom stereocenters. The van der Waals surface area contributed by atoms with Crippen LogP contribution in [0.15, 0.2) is 24.3 Å². The molecule has 0 aromatic heterocycles. The molecular weight excluding hydrogens is 394 g/mol. The number of anilines is 2. The van der Waals surface area contributed by atoms with Crippen molar-refractivity contribution < 1.29 is 14.4 Å². The molecule has 3 fully saturated rings. The van der Waals surface area contributed by atoms with Crippen molar-refractivity contribution in [3.63, 3.8) is 0 Å². The number of hydrogen-bond donors (Lipinski definition) is 2. The highest BCUT2D eigenvalue weighted by Gasteiger charge is 2.52. The van der Waals surface area contributed by atoms with Gasteiger partial charge in [-0.05, 0) is 37.8 Å². The summed E-state index contributed by atoms with van der Waals surface area (Å²) >= 11 is 0. The van der Waals surface area contributed by atoms with Crippen LogP contribution in [0.2, 0.25) is 0 Å². The zero-order valence-corrected chi connectivity index (χ0v) is 17.9. The van der Waals surface area contributed by atoms with Gasteiger partial charge in [-0.1, -0.05) is 25.0 Å². The van der Waals surface area contributed by atoms with E-state index in [0.717, 1.165) is 57.5 Å². The number of carbonyl (C=O) groups is 3. The molecule has 2 aliphatic heterocycles. The van der Waals surface area contributed by atoms with Gasteiger partial charge in [0.05, 0.1) is 24.5 Å². The second-order valence-corrected chi connectivity index (χ2v) is 9.33. The van der Waals surface area contributed by atoms with E-state index in [1.807, 2.05) is 24.3 Å². The Morgan fingerprint density at radius 3 is 2.32 bits per heavy atom. The minimum atomic E-state index is -0.756. The normalized spacial score (nSPS) is 23.5. The number of nitrogens with one attached hydrogen (secondary N) is 2. The van der Waals surface area contributed by atoms with Crippen LogP contribution < -0.4 is 15.5 Å². The highest BCUT2D eigenvalue weighted by atomic mass is 16.2. The Kier molecular flexibility index (Phi) is 5.44. The average molecular weight is 426 g/mol. The van der Waals surface area contributed by atoms with Gasteiger partial charge in [-0.25, -0.2) is 0 Å². The van der Waals surface area contributed by atoms with E-state index in [1.165, 1.54) is 0 Å². The summed E-state index contributed by atoms with van der Waals surface area (Å²) in [7, 11) is 0. The second-order valence-electron chi connectivity index (χ2n) is 9.33. The molecule has 8 nitrogen and oxygen atoms in total. The van der Waals surface area contributed by atoms with Crippen LogP contribution in [0.1, 0.15) is 38.5 Å². The minimum Gasteiger partial charge on any atom is -0.352 e. The summed E-state index contributed by atoms with van der Waals surface area (Å²) in [6, 6.07) is 7.99. The van der Waals surface area contributed by atoms with Crippen molar-refractivity contribution in [1.82, 2.24) is 15.1 Å². The molecule has 2 saturated carbocycles. The fourth-order valence-corrected chi connectivity index (χ4v) is 5.20. The van der Waals surface area contributed by atoms with Crippen LogP contribution in [0.4, 0.5) is 11.4 Å². The average Bonchev–Trinajstić information content (AvgIpc) is 3.43. The molecule has 2 N–H and O–H groups in total. The van der Waals surface area contributed by atoms with Gasteiger partial charge in [0.1, 0.15) is 5.54 Å². The number of amides is 3. The van der Waals surface area contributed by atoms with E-state index in [1.54, 1.807) is 4.90 Å². The summed E-state index contributed by atoms with van der Waals surface area (Å²) in [4.78, 5) is 44.8. The fraction of sp³-hybridized carbons (Fsp3) is 0.609. The second kappa shape index (κ2) is 8.24. The fourth-order valence-electron chi connectivity index (χ4n) is 5.20. The molecular formula is C23H31N5O3. The summed E-state index contributed by atoms with van der Waals surface area (Å²) in [6.07, 6.45) is 5.54. The Morgan fingerprint density at radius 2 is 1.65 bits per heavy atom. The smallest absolute Gasteiger partial charge is 0.250 e. The van der Waals surface area contributed by atoms with Gasteiger partial charge in [-0.3, -0.25) is 29.1 Å². The molecule has 166 valence electrons. The van der Waals surface area contributed by atoms with Crippen molar-refractivity contribution in [2.24, 2.45) is 0 Å². The Hall–Kier alpha value is -2.45. The van der Waals surface area contributed by atoms with E-state index in [2.05, 4.69) is 20.4 Å². The first kappa shape index (κ1) is 20.5. The van der Waals surface area contributed by atoms with Crippen molar-refractivity contribution in [1.29, 1.82) is 0 Å². The summed E-state index contributed by atoms with van der Waals surface area (Å²) < 4.78 is 0. The maximum atomic E-state index is 13.5. The van der Waals surface area contributed by atoms with E-state index in [4.69, 9.17) is 0 Å². The predicted octanol–water partition coefficient (Wildman–Crippen LogP) is 1.18. The van der Waals surface area contributed by atoms with Crippen molar-refractivity contribution in [2.75, 3.05) is 49.5 Å². The first-order valence-corrected chi connectivity index (χ1v) is 11.5. The van der Waals surface area contributed by atoms with Crippen molar-refractivity contribution >= 4 is 29.1 Å². The third-order valence-corrected chi connectivity index (χ3v) is 7.06. The van der Waals surface area contributed by atoms with Gasteiger partial charge in [0.25, 0.3) is 5.91 Å². The zero-order valence-electron chi connectivity index (χ0n) is 17.9. The number of rotatable bonds is 5. The van der Waals surface area contributed by atoms with Gasteiger partial charge in [-0.15, -0.1) is 0 Å². The standard InChI is InChI=1S/C23H31N5O3/c29-20(24-17-7-8-17)15-26-11-13-27(14-12-26)16-21(30)28-19-6-2-1-5-18(19)25-22(31)23(28)9-3-4-10-23/h1-2,5-6,17H,3-4,7-16H2,(H,24,29)(H,25,31). The van der Waals surface area contributed by atoms with Crippen LogP contribution in [0, 0.1) is 0 Å². The molecule has 0 bridgehead atoms. The summed E-state index contributed by atoms with van der Waals surface area (Å²) in [6.45, 7) is 3.77. The van der Waals surface area contributed by atoms with Crippen molar-refractivity contribution in [3.8, 4) is 0 Å². The van der Waals surface area contributed by atoms with Gasteiger partial charge in [0.15, 0.2) is 0 Å². The highest BCUT2D eigenvalue weighted by Crippen LogP contribution is 2.45. The molecule has 2 aliphatic carbocycles. The Bertz CT molecular complexity index is 870. The van der Waals surface area contributed by atoms with Crippen LogP contribution in [-0.4, -0.2) is 78.4 Å². The summed E-state index contributed by atoms with van der Waals surface area (Å²) in [5, 5.41) is 6.07. The number of nitrogens with zero attached hydrogens (tertiary/aromatic N) is 3. The molecule has 0 atom stereocenters. The number of carbonyl (C=O) groups excluding carboxylic acids is 3. The van der Waals surface area contributed by atoms with Crippen LogP contribution in [-0.2, 0) is 14.4 Å². The van der Waals surface area contributed by atoms with Gasteiger partial charge in [-0.2, -0.15) is 0 Å². The van der Waals surface area contributed by atoms with E-state index >= 15 is 0 Å². The lowest BCUT2D eigenvalue weighted by molar-refractivity contribution is -0.128. The molecule has 2 heterocycles. The number of para-hydroxylation sites is 2. The van der Waals surface area contributed by atoms with Gasteiger partial charge in [0.2, 0.25) is 11.8 Å². The third kappa shape index (κ3) is 4.06. The number of piperazine rings is 1. The number of fused-ring (bicyclic) bond motifs is 1. The lowest BCUT2D eigenvalue weighted by atomic mass is 9.89. The minimum absolute atomic E-state index is 0.0101. The summed E-state index contributed by atoms with van der Waals surface area (Å²) in [5.41, 5.74) is 0.767.